The molecular formula is C31H18Cl2N4. The van der Waals surface area contributed by atoms with E-state index >= 15 is 0 Å². The van der Waals surface area contributed by atoms with Crippen LogP contribution in [0.3, 0.4) is 0 Å². The van der Waals surface area contributed by atoms with Gasteiger partial charge in [-0.15, -0.1) is 0 Å². The van der Waals surface area contributed by atoms with Crippen LogP contribution in [-0.4, -0.2) is 14.8 Å². The molecule has 0 N–H and O–H groups in total. The average Bonchev–Trinajstić information content (AvgIpc) is 3.33. The van der Waals surface area contributed by atoms with Crippen LogP contribution in [0.4, 0.5) is 0 Å². The summed E-state index contributed by atoms with van der Waals surface area (Å²) in [5.41, 5.74) is 6.64. The summed E-state index contributed by atoms with van der Waals surface area (Å²) in [6.45, 7) is 0. The maximum Gasteiger partial charge on any atom is 0.164 e. The van der Waals surface area contributed by atoms with E-state index in [0.29, 0.717) is 32.6 Å². The summed E-state index contributed by atoms with van der Waals surface area (Å²) in [4.78, 5) is 5.09. The molecule has 0 amide bonds. The van der Waals surface area contributed by atoms with Gasteiger partial charge in [0.1, 0.15) is 11.8 Å². The number of hydrogen-bond donors (Lipinski definition) is 0. The van der Waals surface area contributed by atoms with E-state index in [1.165, 1.54) is 0 Å². The molecule has 37 heavy (non-hydrogen) atoms. The lowest BCUT2D eigenvalue weighted by atomic mass is 9.92. The summed E-state index contributed by atoms with van der Waals surface area (Å²) >= 11 is 12.4. The minimum Gasteiger partial charge on any atom is -0.226 e. The Morgan fingerprint density at radius 2 is 1.16 bits per heavy atom. The molecule has 0 spiro atoms. The number of nitriles is 1. The van der Waals surface area contributed by atoms with Crippen molar-refractivity contribution in [2.24, 2.45) is 0 Å². The fourth-order valence-corrected chi connectivity index (χ4v) is 4.78. The Morgan fingerprint density at radius 3 is 1.76 bits per heavy atom. The third kappa shape index (κ3) is 4.15. The van der Waals surface area contributed by atoms with E-state index in [0.717, 1.165) is 33.3 Å². The van der Waals surface area contributed by atoms with Gasteiger partial charge in [0.05, 0.1) is 22.3 Å². The first-order valence-corrected chi connectivity index (χ1v) is 12.4. The van der Waals surface area contributed by atoms with Crippen LogP contribution in [0, 0.1) is 11.3 Å². The Hall–Kier alpha value is -4.43. The molecule has 0 saturated heterocycles. The number of benzene rings is 4. The molecule has 2 heterocycles. The van der Waals surface area contributed by atoms with Crippen LogP contribution < -0.4 is 0 Å². The van der Waals surface area contributed by atoms with Gasteiger partial charge in [-0.25, -0.2) is 9.67 Å². The molecule has 0 aliphatic heterocycles. The zero-order valence-corrected chi connectivity index (χ0v) is 20.9. The maximum absolute atomic E-state index is 10.5. The highest BCUT2D eigenvalue weighted by atomic mass is 35.5. The first-order valence-electron chi connectivity index (χ1n) is 11.6. The molecular weight excluding hydrogens is 499 g/mol. The molecule has 4 nitrogen and oxygen atoms in total. The smallest absolute Gasteiger partial charge is 0.164 e. The highest BCUT2D eigenvalue weighted by Gasteiger charge is 2.25. The molecule has 0 aliphatic rings. The molecule has 0 unspecified atom stereocenters. The fourth-order valence-electron chi connectivity index (χ4n) is 4.53. The van der Waals surface area contributed by atoms with Gasteiger partial charge in [0.25, 0.3) is 0 Å². The summed E-state index contributed by atoms with van der Waals surface area (Å²) < 4.78 is 1.84. The molecule has 0 radical (unpaired) electrons. The number of rotatable bonds is 4. The Labute approximate surface area is 224 Å². The van der Waals surface area contributed by atoms with E-state index in [9.17, 15) is 5.26 Å². The van der Waals surface area contributed by atoms with Gasteiger partial charge >= 0.3 is 0 Å². The van der Waals surface area contributed by atoms with Crippen LogP contribution >= 0.6 is 23.2 Å². The van der Waals surface area contributed by atoms with E-state index in [1.807, 2.05) is 114 Å². The van der Waals surface area contributed by atoms with Crippen LogP contribution in [0.5, 0.6) is 0 Å². The predicted octanol–water partition coefficient (Wildman–Crippen LogP) is 8.60. The molecule has 6 rings (SSSR count). The Morgan fingerprint density at radius 1 is 0.622 bits per heavy atom. The number of para-hydroxylation sites is 1. The molecule has 0 fully saturated rings. The van der Waals surface area contributed by atoms with Crippen molar-refractivity contribution < 1.29 is 0 Å². The van der Waals surface area contributed by atoms with Crippen LogP contribution in [0.1, 0.15) is 5.56 Å². The van der Waals surface area contributed by atoms with Gasteiger partial charge in [-0.1, -0.05) is 96.0 Å². The van der Waals surface area contributed by atoms with E-state index in [-0.39, 0.29) is 0 Å². The van der Waals surface area contributed by atoms with Crippen molar-refractivity contribution in [1.29, 1.82) is 5.26 Å². The maximum atomic E-state index is 10.5. The third-order valence-corrected chi connectivity index (χ3v) is 6.73. The summed E-state index contributed by atoms with van der Waals surface area (Å²) in [7, 11) is 0. The molecule has 6 aromatic rings. The van der Waals surface area contributed by atoms with Gasteiger partial charge < -0.3 is 0 Å². The fraction of sp³-hybridized carbons (Fsp3) is 0. The second kappa shape index (κ2) is 9.55. The van der Waals surface area contributed by atoms with Gasteiger partial charge in [-0.05, 0) is 42.0 Å². The first-order chi connectivity index (χ1) is 18.1. The van der Waals surface area contributed by atoms with Gasteiger partial charge in [0, 0.05) is 26.7 Å². The quantitative estimate of drug-likeness (QED) is 0.235. The van der Waals surface area contributed by atoms with Gasteiger partial charge in [0.2, 0.25) is 0 Å². The molecule has 0 aliphatic carbocycles. The topological polar surface area (TPSA) is 54.5 Å². The monoisotopic (exact) mass is 516 g/mol. The zero-order chi connectivity index (χ0) is 25.4. The number of fused-ring (bicyclic) bond motifs is 1. The van der Waals surface area contributed by atoms with E-state index < -0.39 is 0 Å². The lowest BCUT2D eigenvalue weighted by Crippen LogP contribution is -2.01. The lowest BCUT2D eigenvalue weighted by molar-refractivity contribution is 0.901. The Bertz CT molecular complexity index is 1770. The summed E-state index contributed by atoms with van der Waals surface area (Å²) in [5, 5.41) is 17.6. The van der Waals surface area contributed by atoms with Gasteiger partial charge in [-0.2, -0.15) is 10.4 Å². The largest absolute Gasteiger partial charge is 0.226 e. The molecule has 6 heteroatoms. The van der Waals surface area contributed by atoms with Crippen molar-refractivity contribution in [1.82, 2.24) is 14.8 Å². The predicted molar refractivity (Wildman–Crippen MR) is 150 cm³/mol. The van der Waals surface area contributed by atoms with Crippen LogP contribution in [0.15, 0.2) is 109 Å². The molecule has 0 saturated carbocycles. The van der Waals surface area contributed by atoms with Gasteiger partial charge in [-0.3, -0.25) is 0 Å². The molecule has 4 aromatic carbocycles. The number of nitrogens with zero attached hydrogens (tertiary/aromatic N) is 4. The first kappa shape index (κ1) is 23.0. The number of pyridine rings is 1. The Kier molecular flexibility index (Phi) is 5.94. The van der Waals surface area contributed by atoms with Crippen LogP contribution in [0.25, 0.3) is 50.4 Å². The standard InChI is InChI=1S/C31H18Cl2N4/c32-23-15-11-20(12-16-23)27-26(19-34)29(21-7-3-1-4-8-21)35-31-28(27)30(22-13-17-24(33)18-14-22)36-37(31)25-9-5-2-6-10-25/h1-18H. The van der Waals surface area contributed by atoms with Gasteiger partial charge in [0.15, 0.2) is 5.65 Å². The number of hydrogen-bond acceptors (Lipinski definition) is 3. The van der Waals surface area contributed by atoms with Crippen molar-refractivity contribution >= 4 is 34.2 Å². The zero-order valence-electron chi connectivity index (χ0n) is 19.4. The highest BCUT2D eigenvalue weighted by molar-refractivity contribution is 6.31. The van der Waals surface area contributed by atoms with E-state index in [2.05, 4.69) is 6.07 Å². The van der Waals surface area contributed by atoms with Crippen LogP contribution in [-0.2, 0) is 0 Å². The van der Waals surface area contributed by atoms with E-state index in [4.69, 9.17) is 33.3 Å². The normalized spacial score (nSPS) is 10.9. The second-order valence-corrected chi connectivity index (χ2v) is 9.37. The molecule has 0 bridgehead atoms. The van der Waals surface area contributed by atoms with Crippen molar-refractivity contribution in [3.8, 4) is 45.4 Å². The van der Waals surface area contributed by atoms with Crippen molar-refractivity contribution in [2.75, 3.05) is 0 Å². The summed E-state index contributed by atoms with van der Waals surface area (Å²) in [5.74, 6) is 0. The SMILES string of the molecule is N#Cc1c(-c2ccccc2)nc2c(c(-c3ccc(Cl)cc3)nn2-c2ccccc2)c1-c1ccc(Cl)cc1. The molecule has 0 atom stereocenters. The third-order valence-electron chi connectivity index (χ3n) is 6.23. The second-order valence-electron chi connectivity index (χ2n) is 8.50. The molecule has 176 valence electrons. The van der Waals surface area contributed by atoms with Crippen molar-refractivity contribution in [2.45, 2.75) is 0 Å². The lowest BCUT2D eigenvalue weighted by Gasteiger charge is -2.13. The minimum absolute atomic E-state index is 0.476. The summed E-state index contributed by atoms with van der Waals surface area (Å²) in [6, 6.07) is 37.1. The number of aromatic nitrogens is 3. The van der Waals surface area contributed by atoms with Crippen LogP contribution in [0.2, 0.25) is 10.0 Å². The number of halogens is 2. The molecule has 2 aromatic heterocycles. The average molecular weight is 517 g/mol. The van der Waals surface area contributed by atoms with E-state index in [1.54, 1.807) is 0 Å². The highest BCUT2D eigenvalue weighted by Crippen LogP contribution is 2.42. The van der Waals surface area contributed by atoms with Crippen molar-refractivity contribution in [3.63, 3.8) is 0 Å². The van der Waals surface area contributed by atoms with Crippen molar-refractivity contribution in [3.05, 3.63) is 125 Å². The minimum atomic E-state index is 0.476. The summed E-state index contributed by atoms with van der Waals surface area (Å²) in [6.07, 6.45) is 0. The Balaban J connectivity index is 1.81.